The van der Waals surface area contributed by atoms with Crippen LogP contribution in [-0.2, 0) is 24.1 Å². The van der Waals surface area contributed by atoms with Crippen LogP contribution in [0.15, 0.2) is 36.4 Å². The first-order chi connectivity index (χ1) is 15.1. The second-order valence-electron chi connectivity index (χ2n) is 9.42. The monoisotopic (exact) mass is 484 g/mol. The summed E-state index contributed by atoms with van der Waals surface area (Å²) in [6.07, 6.45) is 2.25. The van der Waals surface area contributed by atoms with Gasteiger partial charge in [0.05, 0.1) is 20.6 Å². The van der Waals surface area contributed by atoms with Crippen LogP contribution < -0.4 is 4.74 Å². The van der Waals surface area contributed by atoms with Gasteiger partial charge in [-0.05, 0) is 54.0 Å². The smallest absolute Gasteiger partial charge is 0.303 e. The zero-order chi connectivity index (χ0) is 23.3. The van der Waals surface area contributed by atoms with E-state index < -0.39 is 23.7 Å². The van der Waals surface area contributed by atoms with Crippen LogP contribution in [0.3, 0.4) is 0 Å². The second-order valence-corrected chi connectivity index (χ2v) is 9.42. The van der Waals surface area contributed by atoms with Crippen molar-refractivity contribution in [2.24, 2.45) is 5.92 Å². The summed E-state index contributed by atoms with van der Waals surface area (Å²) in [7, 11) is 4.08. The van der Waals surface area contributed by atoms with Crippen LogP contribution >= 0.6 is 12.4 Å². The molecule has 1 aliphatic carbocycles. The number of aliphatic hydroxyl groups excluding tert-OH is 1. The highest BCUT2D eigenvalue weighted by atomic mass is 35.5. The van der Waals surface area contributed by atoms with Crippen LogP contribution in [0.2, 0.25) is 0 Å². The Kier molecular flexibility index (Phi) is 9.64. The Balaban J connectivity index is 0.00000385. The maximum Gasteiger partial charge on any atom is 0.303 e. The number of aryl methyl sites for hydroxylation is 1. The van der Waals surface area contributed by atoms with Crippen molar-refractivity contribution in [2.75, 3.05) is 33.8 Å². The molecule has 0 unspecified atom stereocenters. The largest absolute Gasteiger partial charge is 0.487 e. The number of carboxylic acids is 1. The van der Waals surface area contributed by atoms with Crippen molar-refractivity contribution in [3.05, 3.63) is 64.7 Å². The van der Waals surface area contributed by atoms with Crippen molar-refractivity contribution in [3.8, 4) is 5.75 Å². The standard InChI is InChI=1S/C25H31F2NO4.ClH/c1-28(2,10-9-18-11-19-5-3-4-6-20(19)12-18)15-21(29)16-32-23-14-17(7-8-24(30)31)13-22(26)25(23)27;/h3-6,13-14,18,21,29H,7-12,15-16H2,1-2H3;1H/p+1/t21-;/m1./s1. The summed E-state index contributed by atoms with van der Waals surface area (Å²) >= 11 is 0. The summed E-state index contributed by atoms with van der Waals surface area (Å²) in [5.41, 5.74) is 3.19. The van der Waals surface area contributed by atoms with Gasteiger partial charge in [-0.1, -0.05) is 24.3 Å². The Hall–Kier alpha value is -2.22. The number of likely N-dealkylation sites (N-methyl/N-ethyl adjacent to an activating group) is 1. The zero-order valence-electron chi connectivity index (χ0n) is 19.1. The van der Waals surface area contributed by atoms with Crippen molar-refractivity contribution in [1.82, 2.24) is 0 Å². The fourth-order valence-corrected chi connectivity index (χ4v) is 4.40. The maximum atomic E-state index is 14.1. The number of benzene rings is 2. The van der Waals surface area contributed by atoms with E-state index in [-0.39, 0.29) is 37.6 Å². The van der Waals surface area contributed by atoms with Crippen LogP contribution in [0.25, 0.3) is 0 Å². The summed E-state index contributed by atoms with van der Waals surface area (Å²) < 4.78 is 33.9. The van der Waals surface area contributed by atoms with Crippen LogP contribution in [-0.4, -0.2) is 60.6 Å². The fraction of sp³-hybridized carbons (Fsp3) is 0.480. The van der Waals surface area contributed by atoms with E-state index in [1.165, 1.54) is 17.2 Å². The lowest BCUT2D eigenvalue weighted by molar-refractivity contribution is -0.894. The van der Waals surface area contributed by atoms with Crippen LogP contribution in [0.5, 0.6) is 5.75 Å². The number of carbonyl (C=O) groups is 1. The molecule has 3 rings (SSSR count). The van der Waals surface area contributed by atoms with Gasteiger partial charge in [-0.15, -0.1) is 12.4 Å². The van der Waals surface area contributed by atoms with Crippen LogP contribution in [0.1, 0.15) is 29.5 Å². The van der Waals surface area contributed by atoms with Gasteiger partial charge >= 0.3 is 5.97 Å². The van der Waals surface area contributed by atoms with Gasteiger partial charge < -0.3 is 19.4 Å². The number of quaternary nitrogens is 1. The summed E-state index contributed by atoms with van der Waals surface area (Å²) in [4.78, 5) is 10.7. The third kappa shape index (κ3) is 7.95. The summed E-state index contributed by atoms with van der Waals surface area (Å²) in [6, 6.07) is 10.8. The predicted octanol–water partition coefficient (Wildman–Crippen LogP) is 4.03. The average Bonchev–Trinajstić information content (AvgIpc) is 3.15. The summed E-state index contributed by atoms with van der Waals surface area (Å²) in [6.45, 7) is 1.14. The maximum absolute atomic E-state index is 14.1. The second kappa shape index (κ2) is 11.8. The number of hydrogen-bond acceptors (Lipinski definition) is 3. The lowest BCUT2D eigenvalue weighted by Gasteiger charge is -2.32. The molecule has 0 aromatic heterocycles. The molecule has 0 heterocycles. The van der Waals surface area contributed by atoms with Crippen LogP contribution in [0, 0.1) is 17.6 Å². The van der Waals surface area contributed by atoms with E-state index in [9.17, 15) is 18.7 Å². The Morgan fingerprint density at radius 2 is 1.82 bits per heavy atom. The number of ether oxygens (including phenoxy) is 1. The number of fused-ring (bicyclic) bond motifs is 1. The van der Waals surface area contributed by atoms with E-state index >= 15 is 0 Å². The topological polar surface area (TPSA) is 66.8 Å². The Bertz CT molecular complexity index is 929. The van der Waals surface area contributed by atoms with Gasteiger partial charge in [-0.2, -0.15) is 4.39 Å². The van der Waals surface area contributed by atoms with Gasteiger partial charge in [0.2, 0.25) is 5.82 Å². The highest BCUT2D eigenvalue weighted by molar-refractivity contribution is 5.85. The molecule has 2 N–H and O–H groups in total. The number of hydrogen-bond donors (Lipinski definition) is 2. The van der Waals surface area contributed by atoms with Crippen molar-refractivity contribution in [1.29, 1.82) is 0 Å². The Labute approximate surface area is 200 Å². The van der Waals surface area contributed by atoms with Crippen molar-refractivity contribution < 1.29 is 33.0 Å². The van der Waals surface area contributed by atoms with Gasteiger partial charge in [0.15, 0.2) is 11.6 Å². The van der Waals surface area contributed by atoms with E-state index in [1.807, 2.05) is 14.1 Å². The van der Waals surface area contributed by atoms with Gasteiger partial charge in [-0.25, -0.2) is 4.39 Å². The molecule has 0 radical (unpaired) electrons. The molecule has 5 nitrogen and oxygen atoms in total. The van der Waals surface area contributed by atoms with Gasteiger partial charge in [0.25, 0.3) is 0 Å². The molecule has 0 spiro atoms. The number of halogens is 3. The molecule has 2 aromatic rings. The molecule has 0 bridgehead atoms. The average molecular weight is 485 g/mol. The van der Waals surface area contributed by atoms with E-state index in [4.69, 9.17) is 9.84 Å². The van der Waals surface area contributed by atoms with Gasteiger partial charge in [-0.3, -0.25) is 4.79 Å². The lowest BCUT2D eigenvalue weighted by atomic mass is 10.0. The number of rotatable bonds is 11. The van der Waals surface area contributed by atoms with Crippen LogP contribution in [0.4, 0.5) is 8.78 Å². The molecule has 8 heteroatoms. The molecule has 0 fully saturated rings. The SMILES string of the molecule is C[N+](C)(CCC1Cc2ccccc2C1)C[C@@H](O)COc1cc(CCC(=O)O)cc(F)c1F.Cl. The first kappa shape index (κ1) is 27.0. The minimum atomic E-state index is -1.13. The van der Waals surface area contributed by atoms with Gasteiger partial charge in [0.1, 0.15) is 19.3 Å². The molecule has 1 atom stereocenters. The molecule has 0 saturated carbocycles. The zero-order valence-corrected chi connectivity index (χ0v) is 19.9. The third-order valence-corrected chi connectivity index (χ3v) is 6.10. The number of carboxylic acid groups (broad SMARTS) is 1. The summed E-state index contributed by atoms with van der Waals surface area (Å²) in [5.74, 6) is -2.95. The Morgan fingerprint density at radius 1 is 1.18 bits per heavy atom. The fourth-order valence-electron chi connectivity index (χ4n) is 4.40. The quantitative estimate of drug-likeness (QED) is 0.473. The van der Waals surface area contributed by atoms with E-state index in [0.717, 1.165) is 31.9 Å². The first-order valence-corrected chi connectivity index (χ1v) is 11.0. The number of nitrogens with zero attached hydrogens (tertiary/aromatic N) is 1. The molecule has 33 heavy (non-hydrogen) atoms. The first-order valence-electron chi connectivity index (χ1n) is 11.0. The lowest BCUT2D eigenvalue weighted by Crippen LogP contribution is -2.48. The Morgan fingerprint density at radius 3 is 2.42 bits per heavy atom. The predicted molar refractivity (Wildman–Crippen MR) is 125 cm³/mol. The number of aliphatic carboxylic acids is 1. The van der Waals surface area contributed by atoms with Gasteiger partial charge in [0, 0.05) is 12.8 Å². The molecule has 2 aromatic carbocycles. The summed E-state index contributed by atoms with van der Waals surface area (Å²) in [5, 5.41) is 19.2. The molecule has 0 amide bonds. The van der Waals surface area contributed by atoms with E-state index in [2.05, 4.69) is 24.3 Å². The highest BCUT2D eigenvalue weighted by Gasteiger charge is 2.26. The van der Waals surface area contributed by atoms with E-state index in [1.54, 1.807) is 0 Å². The van der Waals surface area contributed by atoms with Crippen molar-refractivity contribution >= 4 is 18.4 Å². The number of aliphatic hydroxyl groups is 1. The molecular weight excluding hydrogens is 452 g/mol. The third-order valence-electron chi connectivity index (χ3n) is 6.10. The minimum Gasteiger partial charge on any atom is -0.487 e. The molecule has 0 aliphatic heterocycles. The van der Waals surface area contributed by atoms with Crippen molar-refractivity contribution in [3.63, 3.8) is 0 Å². The molecule has 182 valence electrons. The van der Waals surface area contributed by atoms with Crippen molar-refractivity contribution in [2.45, 2.75) is 38.2 Å². The normalized spacial score (nSPS) is 14.5. The molecular formula is C25H33ClF2NO4+. The molecule has 1 aliphatic rings. The highest BCUT2D eigenvalue weighted by Crippen LogP contribution is 2.29. The van der Waals surface area contributed by atoms with E-state index in [0.29, 0.717) is 22.5 Å². The molecule has 0 saturated heterocycles. The minimum absolute atomic E-state index is 0.